The molecular weight excluding hydrogens is 342 g/mol. The molecule has 0 unspecified atom stereocenters. The van der Waals surface area contributed by atoms with Crippen molar-refractivity contribution in [3.63, 3.8) is 0 Å². The zero-order chi connectivity index (χ0) is 18.4. The van der Waals surface area contributed by atoms with Crippen molar-refractivity contribution in [2.24, 2.45) is 7.05 Å². The first-order valence-corrected chi connectivity index (χ1v) is 8.79. The van der Waals surface area contributed by atoms with Crippen LogP contribution in [-0.2, 0) is 16.6 Å². The van der Waals surface area contributed by atoms with Crippen LogP contribution in [-0.4, -0.2) is 43.5 Å². The van der Waals surface area contributed by atoms with Crippen LogP contribution in [0.25, 0.3) is 0 Å². The summed E-state index contributed by atoms with van der Waals surface area (Å²) < 4.78 is 6.43. The van der Waals surface area contributed by atoms with Gasteiger partial charge in [0.2, 0.25) is 5.91 Å². The smallest absolute Gasteiger partial charge is 0.343 e. The maximum atomic E-state index is 12.6. The Morgan fingerprint density at radius 2 is 2.12 bits per heavy atom. The molecule has 2 rings (SSSR count). The Labute approximate surface area is 150 Å². The molecule has 25 heavy (non-hydrogen) atoms. The van der Waals surface area contributed by atoms with Gasteiger partial charge in [0.15, 0.2) is 0 Å². The number of carbonyl (C=O) groups is 2. The number of hydrogen-bond acceptors (Lipinski definition) is 7. The van der Waals surface area contributed by atoms with Gasteiger partial charge in [-0.05, 0) is 26.3 Å². The maximum absolute atomic E-state index is 12.6. The van der Waals surface area contributed by atoms with Crippen LogP contribution in [0.5, 0.6) is 0 Å². The fourth-order valence-electron chi connectivity index (χ4n) is 2.10. The monoisotopic (exact) mass is 363 g/mol. The van der Waals surface area contributed by atoms with Gasteiger partial charge >= 0.3 is 5.97 Å². The van der Waals surface area contributed by atoms with Crippen LogP contribution in [0.1, 0.15) is 36.3 Å². The largest absolute Gasteiger partial charge is 0.462 e. The standard InChI is InChI=1S/C16H21N5O3S/c1-5-12(25-13-7-10(3)17-9-18-13)15(22)20-14-11(8-19-21(14)4)16(23)24-6-2/h7-9,12H,5-6H2,1-4H3,(H,20,22)/t12-/m1/s1. The Hall–Kier alpha value is -2.42. The molecule has 0 saturated carbocycles. The van der Waals surface area contributed by atoms with Gasteiger partial charge in [-0.25, -0.2) is 14.8 Å². The second-order valence-electron chi connectivity index (χ2n) is 5.25. The molecule has 9 heteroatoms. The summed E-state index contributed by atoms with van der Waals surface area (Å²) in [5, 5.41) is 7.17. The Kier molecular flexibility index (Phi) is 6.51. The van der Waals surface area contributed by atoms with Crippen LogP contribution in [0, 0.1) is 6.92 Å². The molecule has 0 bridgehead atoms. The Bertz CT molecular complexity index is 762. The molecule has 2 aromatic rings. The summed E-state index contributed by atoms with van der Waals surface area (Å²) in [5.41, 5.74) is 1.07. The average Bonchev–Trinajstić information content (AvgIpc) is 2.93. The second-order valence-corrected chi connectivity index (χ2v) is 6.48. The van der Waals surface area contributed by atoms with Crippen molar-refractivity contribution in [3.05, 3.63) is 29.8 Å². The third-order valence-electron chi connectivity index (χ3n) is 3.38. The summed E-state index contributed by atoms with van der Waals surface area (Å²) in [6.07, 6.45) is 3.46. The lowest BCUT2D eigenvalue weighted by Crippen LogP contribution is -2.27. The predicted molar refractivity (Wildman–Crippen MR) is 94.5 cm³/mol. The van der Waals surface area contributed by atoms with Gasteiger partial charge in [0.05, 0.1) is 18.1 Å². The quantitative estimate of drug-likeness (QED) is 0.457. The van der Waals surface area contributed by atoms with Crippen LogP contribution in [0.2, 0.25) is 0 Å². The Morgan fingerprint density at radius 1 is 1.36 bits per heavy atom. The minimum absolute atomic E-state index is 0.224. The van der Waals surface area contributed by atoms with Gasteiger partial charge in [0.1, 0.15) is 22.7 Å². The molecular formula is C16H21N5O3S. The molecule has 2 aromatic heterocycles. The molecule has 134 valence electrons. The van der Waals surface area contributed by atoms with E-state index in [0.29, 0.717) is 12.2 Å². The van der Waals surface area contributed by atoms with Gasteiger partial charge in [-0.15, -0.1) is 0 Å². The van der Waals surface area contributed by atoms with Gasteiger partial charge in [-0.1, -0.05) is 18.7 Å². The van der Waals surface area contributed by atoms with E-state index in [4.69, 9.17) is 4.74 Å². The van der Waals surface area contributed by atoms with Crippen LogP contribution in [0.4, 0.5) is 5.82 Å². The first kappa shape index (κ1) is 18.9. The van der Waals surface area contributed by atoms with Crippen LogP contribution < -0.4 is 5.32 Å². The fourth-order valence-corrected chi connectivity index (χ4v) is 3.07. The first-order chi connectivity index (χ1) is 12.0. The second kappa shape index (κ2) is 8.61. The number of nitrogens with one attached hydrogen (secondary N) is 1. The Morgan fingerprint density at radius 3 is 2.76 bits per heavy atom. The average molecular weight is 363 g/mol. The topological polar surface area (TPSA) is 99.0 Å². The molecule has 1 atom stereocenters. The Balaban J connectivity index is 2.14. The number of amides is 1. The number of thioether (sulfide) groups is 1. The highest BCUT2D eigenvalue weighted by molar-refractivity contribution is 8.00. The molecule has 0 fully saturated rings. The fraction of sp³-hybridized carbons (Fsp3) is 0.438. The maximum Gasteiger partial charge on any atom is 0.343 e. The molecule has 0 aliphatic heterocycles. The summed E-state index contributed by atoms with van der Waals surface area (Å²) in [7, 11) is 1.65. The van der Waals surface area contributed by atoms with E-state index < -0.39 is 5.97 Å². The van der Waals surface area contributed by atoms with E-state index >= 15 is 0 Å². The van der Waals surface area contributed by atoms with Crippen molar-refractivity contribution in [2.75, 3.05) is 11.9 Å². The molecule has 8 nitrogen and oxygen atoms in total. The summed E-state index contributed by atoms with van der Waals surface area (Å²) in [6.45, 7) is 5.76. The molecule has 0 radical (unpaired) electrons. The number of anilines is 1. The van der Waals surface area contributed by atoms with E-state index in [1.165, 1.54) is 29.0 Å². The number of rotatable bonds is 7. The van der Waals surface area contributed by atoms with Crippen molar-refractivity contribution >= 4 is 29.5 Å². The minimum Gasteiger partial charge on any atom is -0.462 e. The number of ether oxygens (including phenoxy) is 1. The summed E-state index contributed by atoms with van der Waals surface area (Å²) in [6, 6.07) is 1.83. The lowest BCUT2D eigenvalue weighted by molar-refractivity contribution is -0.115. The van der Waals surface area contributed by atoms with Gasteiger partial charge in [0, 0.05) is 12.7 Å². The zero-order valence-electron chi connectivity index (χ0n) is 14.6. The van der Waals surface area contributed by atoms with Crippen molar-refractivity contribution in [2.45, 2.75) is 37.5 Å². The lowest BCUT2D eigenvalue weighted by Gasteiger charge is -2.15. The van der Waals surface area contributed by atoms with Gasteiger partial charge < -0.3 is 10.1 Å². The number of aryl methyl sites for hydroxylation is 2. The van der Waals surface area contributed by atoms with E-state index in [-0.39, 0.29) is 23.3 Å². The van der Waals surface area contributed by atoms with Crippen molar-refractivity contribution < 1.29 is 14.3 Å². The SMILES string of the molecule is CCOC(=O)c1cnn(C)c1NC(=O)[C@@H](CC)Sc1cc(C)ncn1. The number of carbonyl (C=O) groups excluding carboxylic acids is 2. The summed E-state index contributed by atoms with van der Waals surface area (Å²) >= 11 is 1.35. The van der Waals surface area contributed by atoms with E-state index in [0.717, 1.165) is 10.7 Å². The lowest BCUT2D eigenvalue weighted by atomic mass is 10.3. The third-order valence-corrected chi connectivity index (χ3v) is 4.68. The van der Waals surface area contributed by atoms with E-state index in [1.54, 1.807) is 14.0 Å². The van der Waals surface area contributed by atoms with Gasteiger partial charge in [-0.3, -0.25) is 9.48 Å². The van der Waals surface area contributed by atoms with Gasteiger partial charge in [-0.2, -0.15) is 5.10 Å². The molecule has 0 aromatic carbocycles. The minimum atomic E-state index is -0.516. The van der Waals surface area contributed by atoms with Crippen LogP contribution >= 0.6 is 11.8 Å². The van der Waals surface area contributed by atoms with E-state index in [1.807, 2.05) is 19.9 Å². The first-order valence-electron chi connectivity index (χ1n) is 7.91. The van der Waals surface area contributed by atoms with Crippen LogP contribution in [0.3, 0.4) is 0 Å². The predicted octanol–water partition coefficient (Wildman–Crippen LogP) is 2.20. The number of hydrogen-bond donors (Lipinski definition) is 1. The molecule has 0 aliphatic carbocycles. The van der Waals surface area contributed by atoms with Gasteiger partial charge in [0.25, 0.3) is 0 Å². The van der Waals surface area contributed by atoms with Crippen molar-refractivity contribution in [1.82, 2.24) is 19.7 Å². The summed E-state index contributed by atoms with van der Waals surface area (Å²) in [4.78, 5) is 32.9. The normalized spacial score (nSPS) is 11.8. The molecule has 0 aliphatic rings. The third kappa shape index (κ3) is 4.79. The summed E-state index contributed by atoms with van der Waals surface area (Å²) in [5.74, 6) is -0.419. The highest BCUT2D eigenvalue weighted by Gasteiger charge is 2.24. The molecule has 1 N–H and O–H groups in total. The van der Waals surface area contributed by atoms with E-state index in [2.05, 4.69) is 20.4 Å². The molecule has 1 amide bonds. The zero-order valence-corrected chi connectivity index (χ0v) is 15.5. The van der Waals surface area contributed by atoms with E-state index in [9.17, 15) is 9.59 Å². The number of nitrogens with zero attached hydrogens (tertiary/aromatic N) is 4. The van der Waals surface area contributed by atoms with Crippen molar-refractivity contribution in [1.29, 1.82) is 0 Å². The number of esters is 1. The molecule has 2 heterocycles. The van der Waals surface area contributed by atoms with Crippen LogP contribution in [0.15, 0.2) is 23.6 Å². The highest BCUT2D eigenvalue weighted by Crippen LogP contribution is 2.25. The molecule has 0 saturated heterocycles. The highest BCUT2D eigenvalue weighted by atomic mass is 32.2. The van der Waals surface area contributed by atoms with Crippen molar-refractivity contribution in [3.8, 4) is 0 Å². The number of aromatic nitrogens is 4. The molecule has 0 spiro atoms.